The van der Waals surface area contributed by atoms with E-state index in [0.29, 0.717) is 11.7 Å². The number of ether oxygens (including phenoxy) is 1. The van der Waals surface area contributed by atoms with E-state index in [0.717, 1.165) is 12.8 Å². The Morgan fingerprint density at radius 3 is 2.54 bits per heavy atom. The monoisotopic (exact) mass is 202 g/mol. The summed E-state index contributed by atoms with van der Waals surface area (Å²) in [5.41, 5.74) is 0. The second kappa shape index (κ2) is 3.97. The lowest BCUT2D eigenvalue weighted by molar-refractivity contribution is -0.125. The van der Waals surface area contributed by atoms with E-state index in [-0.39, 0.29) is 18.1 Å². The molecule has 2 atom stereocenters. The van der Waals surface area contributed by atoms with E-state index in [1.807, 2.05) is 0 Å². The highest BCUT2D eigenvalue weighted by Crippen LogP contribution is 2.32. The molecule has 2 rings (SSSR count). The number of alkyl halides is 1. The van der Waals surface area contributed by atoms with Gasteiger partial charge in [-0.05, 0) is 12.8 Å². The van der Waals surface area contributed by atoms with Gasteiger partial charge in [0.25, 0.3) is 0 Å². The number of carbonyl (C=O) groups is 1. The van der Waals surface area contributed by atoms with Crippen LogP contribution in [-0.2, 0) is 9.53 Å². The van der Waals surface area contributed by atoms with Crippen molar-refractivity contribution in [2.24, 2.45) is 5.92 Å². The first-order valence-electron chi connectivity index (χ1n) is 5.08. The Morgan fingerprint density at radius 1 is 1.31 bits per heavy atom. The second-order valence-electron chi connectivity index (χ2n) is 3.99. The average molecular weight is 203 g/mol. The lowest BCUT2D eigenvalue weighted by Gasteiger charge is -2.19. The van der Waals surface area contributed by atoms with E-state index in [2.05, 4.69) is 0 Å². The molecule has 0 amide bonds. The molecule has 0 N–H and O–H groups in total. The maximum absolute atomic E-state index is 11.7. The van der Waals surface area contributed by atoms with E-state index < -0.39 is 0 Å². The number of halogens is 1. The minimum Gasteiger partial charge on any atom is -0.360 e. The number of ketones is 1. The van der Waals surface area contributed by atoms with Crippen LogP contribution in [0.3, 0.4) is 0 Å². The van der Waals surface area contributed by atoms with Crippen LogP contribution in [-0.4, -0.2) is 23.9 Å². The number of hydrogen-bond donors (Lipinski definition) is 0. The van der Waals surface area contributed by atoms with Crippen molar-refractivity contribution in [3.63, 3.8) is 0 Å². The van der Waals surface area contributed by atoms with Crippen LogP contribution in [0, 0.1) is 5.92 Å². The molecule has 1 aliphatic carbocycles. The smallest absolute Gasteiger partial charge is 0.167 e. The molecule has 3 heteroatoms. The molecule has 1 aliphatic heterocycles. The summed E-state index contributed by atoms with van der Waals surface area (Å²) < 4.78 is 5.20. The van der Waals surface area contributed by atoms with E-state index in [1.165, 1.54) is 19.3 Å². The highest BCUT2D eigenvalue weighted by Gasteiger charge is 2.46. The molecular weight excluding hydrogens is 188 g/mol. The summed E-state index contributed by atoms with van der Waals surface area (Å²) in [6, 6.07) is 0. The fourth-order valence-electron chi connectivity index (χ4n) is 2.13. The summed E-state index contributed by atoms with van der Waals surface area (Å²) in [5.74, 6) is 1.04. The van der Waals surface area contributed by atoms with Crippen molar-refractivity contribution in [2.45, 2.75) is 44.3 Å². The maximum atomic E-state index is 11.7. The van der Waals surface area contributed by atoms with Crippen molar-refractivity contribution >= 4 is 17.4 Å². The second-order valence-corrected chi connectivity index (χ2v) is 4.30. The number of rotatable bonds is 3. The Bertz CT molecular complexity index is 199. The number of hydrogen-bond acceptors (Lipinski definition) is 2. The Morgan fingerprint density at radius 2 is 2.00 bits per heavy atom. The van der Waals surface area contributed by atoms with E-state index in [9.17, 15) is 4.79 Å². The third kappa shape index (κ3) is 2.05. The highest BCUT2D eigenvalue weighted by atomic mass is 35.5. The average Bonchev–Trinajstić information content (AvgIpc) is 2.97. The lowest BCUT2D eigenvalue weighted by Crippen LogP contribution is -2.23. The van der Waals surface area contributed by atoms with Gasteiger partial charge in [0, 0.05) is 5.92 Å². The van der Waals surface area contributed by atoms with Crippen LogP contribution in [0.5, 0.6) is 0 Å². The Kier molecular flexibility index (Phi) is 2.89. The van der Waals surface area contributed by atoms with Gasteiger partial charge in [-0.25, -0.2) is 0 Å². The topological polar surface area (TPSA) is 29.6 Å². The molecular formula is C10H15ClO2. The zero-order chi connectivity index (χ0) is 9.26. The Hall–Kier alpha value is -0.0800. The number of Topliss-reactive ketones (excluding diaryl/α,β-unsaturated/α-hetero) is 1. The molecule has 0 aromatic heterocycles. The van der Waals surface area contributed by atoms with Gasteiger partial charge in [-0.1, -0.05) is 19.3 Å². The summed E-state index contributed by atoms with van der Waals surface area (Å²) in [4.78, 5) is 11.7. The fraction of sp³-hybridized carbons (Fsp3) is 0.900. The molecule has 13 heavy (non-hydrogen) atoms. The van der Waals surface area contributed by atoms with Crippen molar-refractivity contribution < 1.29 is 9.53 Å². The number of carbonyl (C=O) groups excluding carboxylic acids is 1. The van der Waals surface area contributed by atoms with Crippen LogP contribution in [0.1, 0.15) is 32.1 Å². The van der Waals surface area contributed by atoms with Crippen LogP contribution in [0.15, 0.2) is 0 Å². The summed E-state index contributed by atoms with van der Waals surface area (Å²) in [6.45, 7) is 0. The Balaban J connectivity index is 1.83. The van der Waals surface area contributed by atoms with Crippen molar-refractivity contribution in [1.82, 2.24) is 0 Å². The van der Waals surface area contributed by atoms with Gasteiger partial charge in [-0.2, -0.15) is 0 Å². The summed E-state index contributed by atoms with van der Waals surface area (Å²) in [5, 5.41) is 0. The van der Waals surface area contributed by atoms with Crippen LogP contribution in [0.4, 0.5) is 0 Å². The summed E-state index contributed by atoms with van der Waals surface area (Å²) in [7, 11) is 0. The van der Waals surface area contributed by atoms with Crippen LogP contribution < -0.4 is 0 Å². The van der Waals surface area contributed by atoms with Crippen LogP contribution >= 0.6 is 11.6 Å². The molecule has 0 radical (unpaired) electrons. The zero-order valence-corrected chi connectivity index (χ0v) is 8.43. The SMILES string of the molecule is O=C(C1CCCCC1)C1OC1CCl. The largest absolute Gasteiger partial charge is 0.360 e. The van der Waals surface area contributed by atoms with Gasteiger partial charge in [0.15, 0.2) is 5.78 Å². The molecule has 0 bridgehead atoms. The molecule has 2 aliphatic rings. The highest BCUT2D eigenvalue weighted by molar-refractivity contribution is 6.18. The van der Waals surface area contributed by atoms with Crippen LogP contribution in [0.2, 0.25) is 0 Å². The van der Waals surface area contributed by atoms with Gasteiger partial charge < -0.3 is 4.74 Å². The third-order valence-corrected chi connectivity index (χ3v) is 3.33. The molecule has 1 saturated carbocycles. The molecule has 1 heterocycles. The lowest BCUT2D eigenvalue weighted by atomic mass is 9.85. The van der Waals surface area contributed by atoms with E-state index in [4.69, 9.17) is 16.3 Å². The van der Waals surface area contributed by atoms with Gasteiger partial charge in [-0.3, -0.25) is 4.79 Å². The molecule has 2 nitrogen and oxygen atoms in total. The van der Waals surface area contributed by atoms with Gasteiger partial charge in [0.1, 0.15) is 12.2 Å². The quantitative estimate of drug-likeness (QED) is 0.519. The normalized spacial score (nSPS) is 34.5. The van der Waals surface area contributed by atoms with Crippen molar-refractivity contribution in [3.05, 3.63) is 0 Å². The van der Waals surface area contributed by atoms with Crippen molar-refractivity contribution in [1.29, 1.82) is 0 Å². The first-order valence-corrected chi connectivity index (χ1v) is 5.61. The van der Waals surface area contributed by atoms with Gasteiger partial charge in [0.05, 0.1) is 5.88 Å². The fourth-order valence-corrected chi connectivity index (χ4v) is 2.36. The Labute approximate surface area is 83.6 Å². The summed E-state index contributed by atoms with van der Waals surface area (Å²) >= 11 is 5.60. The molecule has 74 valence electrons. The summed E-state index contributed by atoms with van der Waals surface area (Å²) in [6.07, 6.45) is 5.69. The van der Waals surface area contributed by atoms with Gasteiger partial charge >= 0.3 is 0 Å². The predicted octanol–water partition coefficient (Wildman–Crippen LogP) is 2.14. The third-order valence-electron chi connectivity index (χ3n) is 3.02. The maximum Gasteiger partial charge on any atom is 0.167 e. The minimum absolute atomic E-state index is 0.0242. The van der Waals surface area contributed by atoms with Crippen LogP contribution in [0.25, 0.3) is 0 Å². The zero-order valence-electron chi connectivity index (χ0n) is 7.67. The minimum atomic E-state index is -0.152. The predicted molar refractivity (Wildman–Crippen MR) is 51.0 cm³/mol. The standard InChI is InChI=1S/C10H15ClO2/c11-6-8-10(13-8)9(12)7-4-2-1-3-5-7/h7-8,10H,1-6H2. The first-order chi connectivity index (χ1) is 6.33. The molecule has 0 aromatic rings. The molecule has 0 spiro atoms. The van der Waals surface area contributed by atoms with E-state index in [1.54, 1.807) is 0 Å². The first kappa shape index (κ1) is 9.47. The van der Waals surface area contributed by atoms with Gasteiger partial charge in [-0.15, -0.1) is 11.6 Å². The van der Waals surface area contributed by atoms with Crippen molar-refractivity contribution in [3.8, 4) is 0 Å². The molecule has 2 fully saturated rings. The van der Waals surface area contributed by atoms with Crippen molar-refractivity contribution in [2.75, 3.05) is 5.88 Å². The van der Waals surface area contributed by atoms with Gasteiger partial charge in [0.2, 0.25) is 0 Å². The molecule has 0 aromatic carbocycles. The molecule has 2 unspecified atom stereocenters. The molecule has 1 saturated heterocycles. The van der Waals surface area contributed by atoms with E-state index >= 15 is 0 Å². The number of epoxide rings is 1.